The van der Waals surface area contributed by atoms with Crippen LogP contribution < -0.4 is 19.5 Å². The van der Waals surface area contributed by atoms with Gasteiger partial charge in [0.2, 0.25) is 33.6 Å². The van der Waals surface area contributed by atoms with E-state index in [-0.39, 0.29) is 50.4 Å². The SMILES string of the molecule is C[C@@H]1CC/C=C\[C@@H]2C[C@@]2(C(=O)NS(=O)(=O)C2(CF)CC2)NC(=O)[C@@H]2C[C@@H](Oc3nc4c(c5ccccc35)CCCO4)CN2C(=O)[C@@H](N(C(=O)O)C(C)(C)C(C)(F)F)[C@H](C)C1. The Morgan fingerprint density at radius 2 is 1.83 bits per heavy atom. The molecule has 3 N–H and O–H groups in total. The Balaban J connectivity index is 1.30. The Labute approximate surface area is 347 Å². The van der Waals surface area contributed by atoms with E-state index in [2.05, 4.69) is 10.3 Å². The third-order valence-corrected chi connectivity index (χ3v) is 15.5. The molecule has 1 aromatic heterocycles. The van der Waals surface area contributed by atoms with Gasteiger partial charge >= 0.3 is 6.09 Å². The predicted octanol–water partition coefficient (Wildman–Crippen LogP) is 5.53. The maximum atomic E-state index is 15.4. The standard InChI is InChI=1S/C42H54F3N5O9S/c1-24-11-6-7-12-26-21-42(26,37(53)48-60(56,57)41(23-43)16-17-41)47-33(51)31-20-27(59-35-30-14-9-8-13-28(30)29-15-10-18-58-34(29)46-35)22-49(31)36(52)32(25(2)19-24)50(38(54)55)39(3,4)40(5,44)45/h7-9,12-14,24-27,31-32H,6,10-11,15-23H2,1-5H3,(H,47,51)(H,48,53)(H,54,55)/b12-7-/t24-,25-,26-,27-,31+,32+,42-/m1/s1. The number of sulfonamides is 1. The number of ether oxygens (including phenoxy) is 2. The van der Waals surface area contributed by atoms with Gasteiger partial charge in [-0.2, -0.15) is 4.98 Å². The number of alkyl halides is 3. The third-order valence-electron chi connectivity index (χ3n) is 13.4. The van der Waals surface area contributed by atoms with Gasteiger partial charge in [-0.25, -0.2) is 26.4 Å². The molecule has 60 heavy (non-hydrogen) atoms. The number of fused-ring (bicyclic) bond motifs is 5. The van der Waals surface area contributed by atoms with Gasteiger partial charge in [-0.05, 0) is 88.5 Å². The minimum Gasteiger partial charge on any atom is -0.477 e. The number of aryl methyl sites for hydroxylation is 1. The van der Waals surface area contributed by atoms with Crippen molar-refractivity contribution in [1.29, 1.82) is 0 Å². The maximum Gasteiger partial charge on any atom is 0.408 e. The molecule has 7 atom stereocenters. The van der Waals surface area contributed by atoms with E-state index in [1.54, 1.807) is 13.0 Å². The number of halogens is 3. The van der Waals surface area contributed by atoms with E-state index in [0.29, 0.717) is 42.5 Å². The molecule has 0 spiro atoms. The van der Waals surface area contributed by atoms with Gasteiger partial charge in [0, 0.05) is 30.2 Å². The number of allylic oxidation sites excluding steroid dienone is 1. The summed E-state index contributed by atoms with van der Waals surface area (Å²) >= 11 is 0. The highest BCUT2D eigenvalue weighted by Gasteiger charge is 2.64. The number of hydrogen-bond acceptors (Lipinski definition) is 9. The number of carbonyl (C=O) groups is 4. The number of nitrogens with zero attached hydrogens (tertiary/aromatic N) is 3. The average Bonchev–Trinajstić information content (AvgIpc) is 4.09. The number of carbonyl (C=O) groups excluding carboxylic acids is 3. The molecule has 0 radical (unpaired) electrons. The summed E-state index contributed by atoms with van der Waals surface area (Å²) in [6.07, 6.45) is 3.51. The second-order valence-corrected chi connectivity index (χ2v) is 20.1. The number of benzene rings is 1. The summed E-state index contributed by atoms with van der Waals surface area (Å²) in [6, 6.07) is 4.28. The number of nitrogens with one attached hydrogen (secondary N) is 2. The molecule has 2 aromatic rings. The lowest BCUT2D eigenvalue weighted by Gasteiger charge is -2.47. The van der Waals surface area contributed by atoms with E-state index in [0.717, 1.165) is 42.5 Å². The molecule has 4 heterocycles. The van der Waals surface area contributed by atoms with Gasteiger partial charge in [-0.1, -0.05) is 44.2 Å². The second kappa shape index (κ2) is 15.7. The van der Waals surface area contributed by atoms with Crippen molar-refractivity contribution in [1.82, 2.24) is 24.8 Å². The van der Waals surface area contributed by atoms with Crippen molar-refractivity contribution in [3.63, 3.8) is 0 Å². The third kappa shape index (κ3) is 7.76. The fraction of sp³-hybridized carbons (Fsp3) is 0.643. The van der Waals surface area contributed by atoms with Crippen molar-refractivity contribution in [3.8, 4) is 11.8 Å². The van der Waals surface area contributed by atoms with Crippen molar-refractivity contribution in [2.75, 3.05) is 19.8 Å². The first-order chi connectivity index (χ1) is 28.2. The van der Waals surface area contributed by atoms with Crippen molar-refractivity contribution in [3.05, 3.63) is 42.0 Å². The molecule has 0 unspecified atom stereocenters. The number of aromatic nitrogens is 1. The van der Waals surface area contributed by atoms with Crippen molar-refractivity contribution >= 4 is 44.6 Å². The number of hydrogen-bond donors (Lipinski definition) is 3. The summed E-state index contributed by atoms with van der Waals surface area (Å²) in [7, 11) is -4.48. The van der Waals surface area contributed by atoms with Crippen LogP contribution in [0.2, 0.25) is 0 Å². The van der Waals surface area contributed by atoms with Gasteiger partial charge < -0.3 is 24.8 Å². The lowest BCUT2D eigenvalue weighted by Crippen LogP contribution is -2.66. The first-order valence-electron chi connectivity index (χ1n) is 20.7. The van der Waals surface area contributed by atoms with Crippen LogP contribution in [0.4, 0.5) is 18.0 Å². The number of carboxylic acid groups (broad SMARTS) is 1. The molecule has 14 nitrogen and oxygen atoms in total. The topological polar surface area (TPSA) is 185 Å². The van der Waals surface area contributed by atoms with Crippen molar-refractivity contribution in [2.24, 2.45) is 17.8 Å². The highest BCUT2D eigenvalue weighted by atomic mass is 32.2. The minimum atomic E-state index is -4.48. The van der Waals surface area contributed by atoms with Crippen LogP contribution in [0.15, 0.2) is 36.4 Å². The fourth-order valence-electron chi connectivity index (χ4n) is 9.11. The van der Waals surface area contributed by atoms with Crippen LogP contribution in [0.25, 0.3) is 10.8 Å². The Morgan fingerprint density at radius 3 is 2.48 bits per heavy atom. The molecule has 5 aliphatic rings. The lowest BCUT2D eigenvalue weighted by atomic mass is 9.84. The highest BCUT2D eigenvalue weighted by molar-refractivity contribution is 7.91. The van der Waals surface area contributed by atoms with Gasteiger partial charge in [0.15, 0.2) is 0 Å². The van der Waals surface area contributed by atoms with Crippen LogP contribution in [-0.2, 0) is 30.8 Å². The Hall–Kier alpha value is -4.61. The van der Waals surface area contributed by atoms with Crippen molar-refractivity contribution in [2.45, 2.75) is 132 Å². The summed E-state index contributed by atoms with van der Waals surface area (Å²) in [6.45, 7) is 5.19. The van der Waals surface area contributed by atoms with Gasteiger partial charge in [0.25, 0.3) is 11.8 Å². The highest BCUT2D eigenvalue weighted by Crippen LogP contribution is 2.48. The van der Waals surface area contributed by atoms with Gasteiger partial charge in [-0.3, -0.25) is 24.0 Å². The quantitative estimate of drug-likeness (QED) is 0.271. The fourth-order valence-corrected chi connectivity index (χ4v) is 10.5. The van der Waals surface area contributed by atoms with Crippen LogP contribution in [0, 0.1) is 17.8 Å². The van der Waals surface area contributed by atoms with Crippen LogP contribution in [0.5, 0.6) is 11.8 Å². The molecule has 3 aliphatic heterocycles. The van der Waals surface area contributed by atoms with Crippen LogP contribution in [0.3, 0.4) is 0 Å². The zero-order valence-electron chi connectivity index (χ0n) is 34.5. The molecular formula is C42H54F3N5O9S. The van der Waals surface area contributed by atoms with E-state index >= 15 is 13.6 Å². The van der Waals surface area contributed by atoms with Gasteiger partial charge in [0.05, 0.1) is 13.2 Å². The van der Waals surface area contributed by atoms with Crippen LogP contribution >= 0.6 is 0 Å². The van der Waals surface area contributed by atoms with E-state index in [4.69, 9.17) is 9.47 Å². The van der Waals surface area contributed by atoms with E-state index < -0.39 is 92.3 Å². The molecule has 1 saturated heterocycles. The summed E-state index contributed by atoms with van der Waals surface area (Å²) in [5.74, 6) is -7.48. The van der Waals surface area contributed by atoms with E-state index in [1.807, 2.05) is 42.0 Å². The first-order valence-corrected chi connectivity index (χ1v) is 22.2. The number of amides is 4. The molecule has 2 saturated carbocycles. The largest absolute Gasteiger partial charge is 0.477 e. The summed E-state index contributed by atoms with van der Waals surface area (Å²) in [4.78, 5) is 63.3. The second-order valence-electron chi connectivity index (χ2n) is 18.1. The molecule has 3 fully saturated rings. The Bertz CT molecular complexity index is 2200. The zero-order chi connectivity index (χ0) is 43.6. The Kier molecular flexibility index (Phi) is 11.4. The first kappa shape index (κ1) is 43.5. The molecular weight excluding hydrogens is 808 g/mol. The minimum absolute atomic E-state index is 0.00657. The smallest absolute Gasteiger partial charge is 0.408 e. The number of rotatable bonds is 9. The van der Waals surface area contributed by atoms with Crippen LogP contribution in [0.1, 0.15) is 91.5 Å². The molecule has 7 rings (SSSR count). The molecule has 4 amide bonds. The van der Waals surface area contributed by atoms with Crippen molar-refractivity contribution < 1.29 is 55.3 Å². The summed E-state index contributed by atoms with van der Waals surface area (Å²) < 4.78 is 83.9. The number of pyridine rings is 1. The summed E-state index contributed by atoms with van der Waals surface area (Å²) in [5, 5.41) is 14.9. The van der Waals surface area contributed by atoms with Crippen LogP contribution in [-0.4, -0.2) is 112 Å². The molecule has 328 valence electrons. The molecule has 1 aromatic carbocycles. The molecule has 0 bridgehead atoms. The Morgan fingerprint density at radius 1 is 1.13 bits per heavy atom. The summed E-state index contributed by atoms with van der Waals surface area (Å²) in [5.41, 5.74) is -3.27. The normalized spacial score (nSPS) is 30.0. The van der Waals surface area contributed by atoms with Gasteiger partial charge in [-0.15, -0.1) is 0 Å². The van der Waals surface area contributed by atoms with E-state index in [1.165, 1.54) is 0 Å². The molecule has 2 aliphatic carbocycles. The molecule has 18 heteroatoms. The van der Waals surface area contributed by atoms with E-state index in [9.17, 15) is 32.3 Å². The monoisotopic (exact) mass is 861 g/mol. The zero-order valence-corrected chi connectivity index (χ0v) is 35.3. The van der Waals surface area contributed by atoms with Gasteiger partial charge in [0.1, 0.15) is 40.7 Å². The lowest BCUT2D eigenvalue weighted by molar-refractivity contribution is -0.156. The maximum absolute atomic E-state index is 15.4. The average molecular weight is 862 g/mol. The predicted molar refractivity (Wildman–Crippen MR) is 214 cm³/mol.